The molecule has 3 rings (SSSR count). The zero-order valence-corrected chi connectivity index (χ0v) is 13.8. The summed E-state index contributed by atoms with van der Waals surface area (Å²) in [4.78, 5) is 27.9. The van der Waals surface area contributed by atoms with E-state index >= 15 is 0 Å². The quantitative estimate of drug-likeness (QED) is 0.910. The second-order valence-corrected chi connectivity index (χ2v) is 6.58. The van der Waals surface area contributed by atoms with Crippen molar-refractivity contribution in [3.63, 3.8) is 0 Å². The van der Waals surface area contributed by atoms with E-state index < -0.39 is 0 Å². The second-order valence-electron chi connectivity index (χ2n) is 6.58. The molecule has 1 saturated heterocycles. The first kappa shape index (κ1) is 15.8. The van der Waals surface area contributed by atoms with Crippen LogP contribution in [0.15, 0.2) is 30.3 Å². The van der Waals surface area contributed by atoms with E-state index in [1.54, 1.807) is 6.92 Å². The third-order valence-electron chi connectivity index (χ3n) is 5.11. The molecule has 5 heteroatoms. The van der Waals surface area contributed by atoms with Crippen LogP contribution in [-0.2, 0) is 10.3 Å². The summed E-state index contributed by atoms with van der Waals surface area (Å²) in [6.45, 7) is 4.27. The van der Waals surface area contributed by atoms with Gasteiger partial charge in [-0.15, -0.1) is 0 Å². The van der Waals surface area contributed by atoms with Crippen LogP contribution in [0.4, 0.5) is 4.79 Å². The highest BCUT2D eigenvalue weighted by Crippen LogP contribution is 2.41. The smallest absolute Gasteiger partial charge is 0.318 e. The van der Waals surface area contributed by atoms with Crippen molar-refractivity contribution in [2.75, 3.05) is 26.2 Å². The van der Waals surface area contributed by atoms with Gasteiger partial charge in [0.25, 0.3) is 0 Å². The monoisotopic (exact) mass is 315 g/mol. The van der Waals surface area contributed by atoms with Crippen molar-refractivity contribution in [2.24, 2.45) is 0 Å². The molecule has 0 spiro atoms. The maximum absolute atomic E-state index is 12.7. The third-order valence-corrected chi connectivity index (χ3v) is 5.11. The Morgan fingerprint density at radius 2 is 1.61 bits per heavy atom. The van der Waals surface area contributed by atoms with Crippen molar-refractivity contribution < 1.29 is 9.59 Å². The fourth-order valence-electron chi connectivity index (χ4n) is 3.49. The van der Waals surface area contributed by atoms with Crippen molar-refractivity contribution in [2.45, 2.75) is 38.1 Å². The van der Waals surface area contributed by atoms with Crippen LogP contribution in [0.2, 0.25) is 0 Å². The Kier molecular flexibility index (Phi) is 4.55. The van der Waals surface area contributed by atoms with Gasteiger partial charge in [-0.3, -0.25) is 4.79 Å². The second kappa shape index (κ2) is 6.60. The van der Waals surface area contributed by atoms with Crippen molar-refractivity contribution in [1.82, 2.24) is 15.1 Å². The summed E-state index contributed by atoms with van der Waals surface area (Å²) >= 11 is 0. The molecular weight excluding hydrogens is 290 g/mol. The van der Waals surface area contributed by atoms with Crippen LogP contribution < -0.4 is 5.32 Å². The minimum absolute atomic E-state index is 0.000967. The molecule has 124 valence electrons. The SMILES string of the molecule is CC(=O)N1CCCN(C(=O)NC2(c3ccccc3)CCC2)CC1. The molecule has 1 heterocycles. The van der Waals surface area contributed by atoms with Crippen LogP contribution in [0.5, 0.6) is 0 Å². The Morgan fingerprint density at radius 3 is 2.22 bits per heavy atom. The third kappa shape index (κ3) is 3.33. The molecule has 0 aromatic heterocycles. The number of benzene rings is 1. The number of nitrogens with zero attached hydrogens (tertiary/aromatic N) is 2. The standard InChI is InChI=1S/C18H25N3O2/c1-15(22)20-11-6-12-21(14-13-20)17(23)19-18(9-5-10-18)16-7-3-2-4-8-16/h2-4,7-8H,5-6,9-14H2,1H3,(H,19,23). The average Bonchev–Trinajstić information content (AvgIpc) is 2.78. The summed E-state index contributed by atoms with van der Waals surface area (Å²) in [6, 6.07) is 10.2. The Bertz CT molecular complexity index is 569. The molecule has 2 aliphatic rings. The van der Waals surface area contributed by atoms with Crippen LogP contribution in [0, 0.1) is 0 Å². The Balaban J connectivity index is 1.65. The van der Waals surface area contributed by atoms with Gasteiger partial charge >= 0.3 is 6.03 Å². The molecule has 0 bridgehead atoms. The van der Waals surface area contributed by atoms with E-state index in [4.69, 9.17) is 0 Å². The van der Waals surface area contributed by atoms with E-state index in [1.165, 1.54) is 5.56 Å². The summed E-state index contributed by atoms with van der Waals surface area (Å²) in [6.07, 6.45) is 3.98. The number of amides is 3. The zero-order chi connectivity index (χ0) is 16.3. The van der Waals surface area contributed by atoms with Crippen LogP contribution in [-0.4, -0.2) is 47.9 Å². The first-order chi connectivity index (χ1) is 11.1. The van der Waals surface area contributed by atoms with Crippen LogP contribution in [0.1, 0.15) is 38.2 Å². The molecule has 1 aliphatic heterocycles. The molecule has 23 heavy (non-hydrogen) atoms. The van der Waals surface area contributed by atoms with Gasteiger partial charge in [-0.2, -0.15) is 0 Å². The summed E-state index contributed by atoms with van der Waals surface area (Å²) in [7, 11) is 0. The number of nitrogens with one attached hydrogen (secondary N) is 1. The van der Waals surface area contributed by atoms with E-state index in [1.807, 2.05) is 28.0 Å². The van der Waals surface area contributed by atoms with E-state index in [0.717, 1.165) is 32.2 Å². The van der Waals surface area contributed by atoms with Crippen molar-refractivity contribution in [3.8, 4) is 0 Å². The summed E-state index contributed by atoms with van der Waals surface area (Å²) < 4.78 is 0. The first-order valence-electron chi connectivity index (χ1n) is 8.49. The average molecular weight is 315 g/mol. The molecule has 0 atom stereocenters. The van der Waals surface area contributed by atoms with Gasteiger partial charge in [0.1, 0.15) is 0 Å². The fraction of sp³-hybridized carbons (Fsp3) is 0.556. The maximum Gasteiger partial charge on any atom is 0.318 e. The van der Waals surface area contributed by atoms with Crippen LogP contribution in [0.25, 0.3) is 0 Å². The summed E-state index contributed by atoms with van der Waals surface area (Å²) in [5.74, 6) is 0.0898. The Morgan fingerprint density at radius 1 is 0.957 bits per heavy atom. The highest BCUT2D eigenvalue weighted by atomic mass is 16.2. The predicted octanol–water partition coefficient (Wildman–Crippen LogP) is 2.33. The van der Waals surface area contributed by atoms with Gasteiger partial charge in [-0.1, -0.05) is 30.3 Å². The van der Waals surface area contributed by atoms with Gasteiger partial charge in [-0.05, 0) is 31.2 Å². The number of carbonyl (C=O) groups is 2. The van der Waals surface area contributed by atoms with E-state index in [-0.39, 0.29) is 17.5 Å². The fourth-order valence-corrected chi connectivity index (χ4v) is 3.49. The van der Waals surface area contributed by atoms with Gasteiger partial charge in [0.05, 0.1) is 5.54 Å². The molecule has 1 aliphatic carbocycles. The molecule has 0 unspecified atom stereocenters. The lowest BCUT2D eigenvalue weighted by Crippen LogP contribution is -2.55. The number of rotatable bonds is 2. The molecule has 5 nitrogen and oxygen atoms in total. The summed E-state index contributed by atoms with van der Waals surface area (Å²) in [5.41, 5.74) is 0.991. The number of carbonyl (C=O) groups excluding carboxylic acids is 2. The van der Waals surface area contributed by atoms with Gasteiger partial charge in [0, 0.05) is 33.1 Å². The van der Waals surface area contributed by atoms with E-state index in [0.29, 0.717) is 19.6 Å². The van der Waals surface area contributed by atoms with Gasteiger partial charge in [-0.25, -0.2) is 4.79 Å². The highest BCUT2D eigenvalue weighted by Gasteiger charge is 2.40. The highest BCUT2D eigenvalue weighted by molar-refractivity contribution is 5.76. The molecule has 1 N–H and O–H groups in total. The lowest BCUT2D eigenvalue weighted by molar-refractivity contribution is -0.128. The first-order valence-corrected chi connectivity index (χ1v) is 8.49. The van der Waals surface area contributed by atoms with Crippen molar-refractivity contribution >= 4 is 11.9 Å². The Hall–Kier alpha value is -2.04. The molecule has 2 fully saturated rings. The lowest BCUT2D eigenvalue weighted by atomic mass is 9.72. The molecule has 3 amide bonds. The lowest BCUT2D eigenvalue weighted by Gasteiger charge is -2.44. The van der Waals surface area contributed by atoms with E-state index in [9.17, 15) is 9.59 Å². The van der Waals surface area contributed by atoms with Gasteiger partial charge < -0.3 is 15.1 Å². The van der Waals surface area contributed by atoms with Crippen molar-refractivity contribution in [3.05, 3.63) is 35.9 Å². The summed E-state index contributed by atoms with van der Waals surface area (Å²) in [5, 5.41) is 3.27. The molecule has 0 radical (unpaired) electrons. The number of hydrogen-bond acceptors (Lipinski definition) is 2. The van der Waals surface area contributed by atoms with Crippen LogP contribution in [0.3, 0.4) is 0 Å². The van der Waals surface area contributed by atoms with E-state index in [2.05, 4.69) is 17.4 Å². The molecule has 1 aromatic carbocycles. The minimum atomic E-state index is -0.203. The Labute approximate surface area is 137 Å². The maximum atomic E-state index is 12.7. The number of hydrogen-bond donors (Lipinski definition) is 1. The largest absolute Gasteiger partial charge is 0.341 e. The van der Waals surface area contributed by atoms with Crippen molar-refractivity contribution in [1.29, 1.82) is 0 Å². The molecular formula is C18H25N3O2. The number of urea groups is 1. The minimum Gasteiger partial charge on any atom is -0.341 e. The molecule has 1 saturated carbocycles. The topological polar surface area (TPSA) is 52.7 Å². The van der Waals surface area contributed by atoms with Gasteiger partial charge in [0.2, 0.25) is 5.91 Å². The normalized spacial score (nSPS) is 20.4. The van der Waals surface area contributed by atoms with Crippen LogP contribution >= 0.6 is 0 Å². The van der Waals surface area contributed by atoms with Gasteiger partial charge in [0.15, 0.2) is 0 Å². The molecule has 1 aromatic rings. The zero-order valence-electron chi connectivity index (χ0n) is 13.8. The predicted molar refractivity (Wildman–Crippen MR) is 88.9 cm³/mol.